The van der Waals surface area contributed by atoms with Crippen LogP contribution in [0.4, 0.5) is 11.4 Å². The number of hydrogen-bond acceptors (Lipinski definition) is 5. The van der Waals surface area contributed by atoms with Crippen LogP contribution >= 0.6 is 11.6 Å². The zero-order chi connectivity index (χ0) is 20.7. The Labute approximate surface area is 172 Å². The molecule has 1 saturated heterocycles. The van der Waals surface area contributed by atoms with E-state index in [1.807, 2.05) is 25.1 Å². The van der Waals surface area contributed by atoms with Crippen molar-refractivity contribution in [3.05, 3.63) is 67.3 Å². The minimum atomic E-state index is -0.419. The highest BCUT2D eigenvalue weighted by atomic mass is 35.5. The number of rotatable bonds is 4. The Bertz CT molecular complexity index is 1270. The van der Waals surface area contributed by atoms with Crippen molar-refractivity contribution in [2.24, 2.45) is 7.05 Å². The van der Waals surface area contributed by atoms with E-state index in [0.29, 0.717) is 16.3 Å². The average Bonchev–Trinajstić information content (AvgIpc) is 2.65. The van der Waals surface area contributed by atoms with Gasteiger partial charge in [-0.05, 0) is 43.7 Å². The summed E-state index contributed by atoms with van der Waals surface area (Å²) in [6, 6.07) is 10.2. The van der Waals surface area contributed by atoms with E-state index in [4.69, 9.17) is 16.9 Å². The Hall–Kier alpha value is -3.24. The standard InChI is InChI=1S/C21H20ClN5O2/c1-12(24-17-5-4-14(11-23)26(2)21(17)29)15-8-13-9-16(22)19(27-6-3-7-27)10-18(13)25-20(15)28/h4-5,8-10,12,24H,3,6-7H2,1-2H3,(H,25,28)/t12-/m0/s1. The quantitative estimate of drug-likeness (QED) is 0.690. The normalized spacial score (nSPS) is 14.3. The Kier molecular flexibility index (Phi) is 4.81. The van der Waals surface area contributed by atoms with Crippen molar-refractivity contribution in [1.82, 2.24) is 9.55 Å². The van der Waals surface area contributed by atoms with Gasteiger partial charge in [-0.1, -0.05) is 11.6 Å². The van der Waals surface area contributed by atoms with Gasteiger partial charge in [-0.15, -0.1) is 0 Å². The lowest BCUT2D eigenvalue weighted by molar-refractivity contribution is 0.618. The number of anilines is 2. The summed E-state index contributed by atoms with van der Waals surface area (Å²) in [6.45, 7) is 3.74. The summed E-state index contributed by atoms with van der Waals surface area (Å²) in [5.41, 5.74) is 2.20. The van der Waals surface area contributed by atoms with Crippen LogP contribution in [0.3, 0.4) is 0 Å². The Morgan fingerprint density at radius 1 is 1.24 bits per heavy atom. The number of aromatic nitrogens is 2. The maximum absolute atomic E-state index is 12.7. The summed E-state index contributed by atoms with van der Waals surface area (Å²) < 4.78 is 1.27. The zero-order valence-electron chi connectivity index (χ0n) is 16.1. The number of hydrogen-bond donors (Lipinski definition) is 2. The Morgan fingerprint density at radius 2 is 2.00 bits per heavy atom. The Balaban J connectivity index is 1.69. The van der Waals surface area contributed by atoms with E-state index in [2.05, 4.69) is 15.2 Å². The van der Waals surface area contributed by atoms with Gasteiger partial charge in [0.1, 0.15) is 17.5 Å². The van der Waals surface area contributed by atoms with E-state index in [-0.39, 0.29) is 16.8 Å². The molecular formula is C21H20ClN5O2. The molecule has 0 saturated carbocycles. The first-order valence-electron chi connectivity index (χ1n) is 9.37. The molecule has 3 heterocycles. The number of aromatic amines is 1. The van der Waals surface area contributed by atoms with Gasteiger partial charge < -0.3 is 19.8 Å². The number of benzene rings is 1. The van der Waals surface area contributed by atoms with Gasteiger partial charge in [-0.25, -0.2) is 0 Å². The molecule has 0 bridgehead atoms. The fourth-order valence-corrected chi connectivity index (χ4v) is 3.81. The minimum Gasteiger partial charge on any atom is -0.374 e. The zero-order valence-corrected chi connectivity index (χ0v) is 16.9. The fourth-order valence-electron chi connectivity index (χ4n) is 3.52. The van der Waals surface area contributed by atoms with E-state index in [1.54, 1.807) is 18.2 Å². The molecule has 7 nitrogen and oxygen atoms in total. The summed E-state index contributed by atoms with van der Waals surface area (Å²) >= 11 is 6.46. The predicted molar refractivity (Wildman–Crippen MR) is 115 cm³/mol. The molecule has 0 spiro atoms. The number of nitrogens with one attached hydrogen (secondary N) is 2. The number of fused-ring (bicyclic) bond motifs is 1. The second kappa shape index (κ2) is 7.30. The molecular weight excluding hydrogens is 390 g/mol. The minimum absolute atomic E-state index is 0.222. The van der Waals surface area contributed by atoms with E-state index in [0.717, 1.165) is 36.1 Å². The van der Waals surface area contributed by atoms with Gasteiger partial charge in [-0.3, -0.25) is 9.59 Å². The largest absolute Gasteiger partial charge is 0.374 e. The molecule has 4 rings (SSSR count). The third-order valence-electron chi connectivity index (χ3n) is 5.39. The monoisotopic (exact) mass is 409 g/mol. The number of nitrogens with zero attached hydrogens (tertiary/aromatic N) is 3. The third kappa shape index (κ3) is 3.36. The van der Waals surface area contributed by atoms with Crippen molar-refractivity contribution in [3.63, 3.8) is 0 Å². The summed E-state index contributed by atoms with van der Waals surface area (Å²) in [5.74, 6) is 0. The lowest BCUT2D eigenvalue weighted by Gasteiger charge is -2.34. The highest BCUT2D eigenvalue weighted by molar-refractivity contribution is 6.34. The van der Waals surface area contributed by atoms with Crippen LogP contribution in [-0.4, -0.2) is 22.6 Å². The van der Waals surface area contributed by atoms with Gasteiger partial charge in [0.25, 0.3) is 11.1 Å². The summed E-state index contributed by atoms with van der Waals surface area (Å²) in [7, 11) is 1.54. The fraction of sp³-hybridized carbons (Fsp3) is 0.286. The van der Waals surface area contributed by atoms with Gasteiger partial charge in [0.15, 0.2) is 0 Å². The first-order valence-corrected chi connectivity index (χ1v) is 9.75. The van der Waals surface area contributed by atoms with Crippen molar-refractivity contribution in [3.8, 4) is 6.07 Å². The SMILES string of the molecule is C[C@H](Nc1ccc(C#N)n(C)c1=O)c1cc2cc(Cl)c(N3CCC3)cc2[nH]c1=O. The lowest BCUT2D eigenvalue weighted by Crippen LogP contribution is -2.37. The maximum atomic E-state index is 12.7. The lowest BCUT2D eigenvalue weighted by atomic mass is 10.1. The van der Waals surface area contributed by atoms with Gasteiger partial charge >= 0.3 is 0 Å². The van der Waals surface area contributed by atoms with Gasteiger partial charge in [0, 0.05) is 31.1 Å². The van der Waals surface area contributed by atoms with Crippen LogP contribution in [-0.2, 0) is 7.05 Å². The molecule has 1 aliphatic rings. The highest BCUT2D eigenvalue weighted by Crippen LogP contribution is 2.33. The smallest absolute Gasteiger partial charge is 0.274 e. The van der Waals surface area contributed by atoms with E-state index < -0.39 is 6.04 Å². The molecule has 1 fully saturated rings. The maximum Gasteiger partial charge on any atom is 0.274 e. The topological polar surface area (TPSA) is 93.9 Å². The number of halogens is 1. The summed E-state index contributed by atoms with van der Waals surface area (Å²) in [5, 5.41) is 13.6. The average molecular weight is 410 g/mol. The van der Waals surface area contributed by atoms with E-state index in [9.17, 15) is 9.59 Å². The molecule has 0 radical (unpaired) electrons. The second-order valence-corrected chi connectivity index (χ2v) is 7.67. The number of H-pyrrole nitrogens is 1. The van der Waals surface area contributed by atoms with Crippen LogP contribution in [0, 0.1) is 11.3 Å². The van der Waals surface area contributed by atoms with Crippen LogP contribution in [0.25, 0.3) is 10.9 Å². The van der Waals surface area contributed by atoms with Crippen LogP contribution in [0.5, 0.6) is 0 Å². The van der Waals surface area contributed by atoms with Crippen molar-refractivity contribution >= 4 is 33.9 Å². The molecule has 148 valence electrons. The van der Waals surface area contributed by atoms with Crippen LogP contribution in [0.1, 0.15) is 30.6 Å². The van der Waals surface area contributed by atoms with Gasteiger partial charge in [-0.2, -0.15) is 5.26 Å². The van der Waals surface area contributed by atoms with E-state index >= 15 is 0 Å². The second-order valence-electron chi connectivity index (χ2n) is 7.26. The van der Waals surface area contributed by atoms with Crippen molar-refractivity contribution in [2.75, 3.05) is 23.3 Å². The van der Waals surface area contributed by atoms with Gasteiger partial charge in [0.05, 0.1) is 22.3 Å². The molecule has 0 aliphatic carbocycles. The first kappa shape index (κ1) is 19.1. The molecule has 2 N–H and O–H groups in total. The molecule has 2 aromatic heterocycles. The highest BCUT2D eigenvalue weighted by Gasteiger charge is 2.19. The predicted octanol–water partition coefficient (Wildman–Crippen LogP) is 3.14. The molecule has 1 aromatic carbocycles. The third-order valence-corrected chi connectivity index (χ3v) is 5.70. The van der Waals surface area contributed by atoms with Crippen molar-refractivity contribution in [1.29, 1.82) is 5.26 Å². The summed E-state index contributed by atoms with van der Waals surface area (Å²) in [6.07, 6.45) is 1.14. The molecule has 8 heteroatoms. The number of pyridine rings is 2. The van der Waals surface area contributed by atoms with Crippen molar-refractivity contribution in [2.45, 2.75) is 19.4 Å². The van der Waals surface area contributed by atoms with Crippen LogP contribution in [0.15, 0.2) is 39.9 Å². The van der Waals surface area contributed by atoms with E-state index in [1.165, 1.54) is 11.6 Å². The number of nitriles is 1. The molecule has 29 heavy (non-hydrogen) atoms. The molecule has 1 aliphatic heterocycles. The molecule has 0 amide bonds. The molecule has 0 unspecified atom stereocenters. The van der Waals surface area contributed by atoms with Crippen LogP contribution in [0.2, 0.25) is 5.02 Å². The van der Waals surface area contributed by atoms with Crippen molar-refractivity contribution < 1.29 is 0 Å². The molecule has 3 aromatic rings. The van der Waals surface area contributed by atoms with Crippen LogP contribution < -0.4 is 21.3 Å². The first-order chi connectivity index (χ1) is 13.9. The van der Waals surface area contributed by atoms with Gasteiger partial charge in [0.2, 0.25) is 0 Å². The Morgan fingerprint density at radius 3 is 2.66 bits per heavy atom. The molecule has 1 atom stereocenters. The summed E-state index contributed by atoms with van der Waals surface area (Å²) in [4.78, 5) is 30.2.